The summed E-state index contributed by atoms with van der Waals surface area (Å²) in [6.45, 7) is 4.01. The van der Waals surface area contributed by atoms with E-state index < -0.39 is 12.0 Å². The number of hydrogen-bond acceptors (Lipinski definition) is 3. The van der Waals surface area contributed by atoms with E-state index in [-0.39, 0.29) is 11.4 Å². The Morgan fingerprint density at radius 3 is 2.50 bits per heavy atom. The lowest BCUT2D eigenvalue weighted by molar-refractivity contribution is 0.0690. The molecule has 7 nitrogen and oxygen atoms in total. The summed E-state index contributed by atoms with van der Waals surface area (Å²) in [6.07, 6.45) is 0. The maximum absolute atomic E-state index is 12.5. The van der Waals surface area contributed by atoms with Gasteiger partial charge in [-0.3, -0.25) is 9.58 Å². The van der Waals surface area contributed by atoms with Crippen LogP contribution in [0.15, 0.2) is 30.3 Å². The van der Waals surface area contributed by atoms with Crippen molar-refractivity contribution >= 4 is 23.4 Å². The van der Waals surface area contributed by atoms with E-state index in [4.69, 9.17) is 0 Å². The van der Waals surface area contributed by atoms with Gasteiger partial charge in [-0.25, -0.2) is 9.59 Å². The summed E-state index contributed by atoms with van der Waals surface area (Å²) in [5.74, 6) is -1.18. The van der Waals surface area contributed by atoms with Gasteiger partial charge in [0.15, 0.2) is 5.69 Å². The molecule has 0 atom stereocenters. The monoisotopic (exact) mass is 302 g/mol. The molecule has 2 aromatic rings. The van der Waals surface area contributed by atoms with E-state index >= 15 is 0 Å². The molecule has 2 amide bonds. The van der Waals surface area contributed by atoms with Crippen LogP contribution in [0.25, 0.3) is 0 Å². The summed E-state index contributed by atoms with van der Waals surface area (Å²) >= 11 is 0. The van der Waals surface area contributed by atoms with Gasteiger partial charge in [0.2, 0.25) is 0 Å². The Kier molecular flexibility index (Phi) is 4.45. The van der Waals surface area contributed by atoms with Crippen LogP contribution in [0.2, 0.25) is 0 Å². The van der Waals surface area contributed by atoms with Gasteiger partial charge in [0.25, 0.3) is 0 Å². The zero-order chi connectivity index (χ0) is 16.3. The molecular formula is C15H18N4O3. The number of carboxylic acids is 1. The fourth-order valence-electron chi connectivity index (χ4n) is 2.13. The number of para-hydroxylation sites is 1. The minimum atomic E-state index is -1.18. The number of carboxylic acid groups (broad SMARTS) is 1. The van der Waals surface area contributed by atoms with E-state index in [1.807, 2.05) is 37.3 Å². The molecule has 1 aromatic carbocycles. The number of rotatable bonds is 4. The quantitative estimate of drug-likeness (QED) is 0.908. The van der Waals surface area contributed by atoms with Crippen molar-refractivity contribution in [1.29, 1.82) is 0 Å². The first-order valence-corrected chi connectivity index (χ1v) is 6.86. The summed E-state index contributed by atoms with van der Waals surface area (Å²) in [4.78, 5) is 25.2. The highest BCUT2D eigenvalue weighted by molar-refractivity contribution is 6.05. The number of hydrogen-bond donors (Lipinski definition) is 2. The highest BCUT2D eigenvalue weighted by Crippen LogP contribution is 2.21. The molecule has 0 saturated heterocycles. The first-order valence-electron chi connectivity index (χ1n) is 6.86. The molecule has 0 unspecified atom stereocenters. The van der Waals surface area contributed by atoms with E-state index in [0.717, 1.165) is 5.69 Å². The molecule has 0 spiro atoms. The molecule has 0 aliphatic rings. The molecule has 0 aliphatic heterocycles. The lowest BCUT2D eigenvalue weighted by Crippen LogP contribution is -2.35. The summed E-state index contributed by atoms with van der Waals surface area (Å²) < 4.78 is 1.43. The zero-order valence-electron chi connectivity index (χ0n) is 12.7. The second-order valence-electron chi connectivity index (χ2n) is 4.75. The number of nitrogens with one attached hydrogen (secondary N) is 1. The fraction of sp³-hybridized carbons (Fsp3) is 0.267. The minimum Gasteiger partial charge on any atom is -0.476 e. The fourth-order valence-corrected chi connectivity index (χ4v) is 2.13. The summed E-state index contributed by atoms with van der Waals surface area (Å²) in [7, 11) is 1.63. The van der Waals surface area contributed by atoms with E-state index in [1.54, 1.807) is 14.0 Å². The number of urea groups is 1. The van der Waals surface area contributed by atoms with Gasteiger partial charge >= 0.3 is 12.0 Å². The third kappa shape index (κ3) is 2.93. The lowest BCUT2D eigenvalue weighted by Gasteiger charge is -2.21. The second-order valence-corrected chi connectivity index (χ2v) is 4.75. The maximum atomic E-state index is 12.5. The molecular weight excluding hydrogens is 284 g/mol. The van der Waals surface area contributed by atoms with Crippen molar-refractivity contribution in [3.8, 4) is 0 Å². The van der Waals surface area contributed by atoms with E-state index in [9.17, 15) is 14.7 Å². The predicted molar refractivity (Wildman–Crippen MR) is 83.4 cm³/mol. The van der Waals surface area contributed by atoms with Crippen LogP contribution in [0.4, 0.5) is 16.2 Å². The van der Waals surface area contributed by atoms with Crippen molar-refractivity contribution in [1.82, 2.24) is 9.78 Å². The molecule has 0 aliphatic carbocycles. The maximum Gasteiger partial charge on any atom is 0.358 e. The first-order chi connectivity index (χ1) is 10.5. The normalized spacial score (nSPS) is 10.3. The average molecular weight is 302 g/mol. The smallest absolute Gasteiger partial charge is 0.358 e. The first kappa shape index (κ1) is 15.6. The third-order valence-corrected chi connectivity index (χ3v) is 3.40. The number of anilines is 2. The van der Waals surface area contributed by atoms with Crippen molar-refractivity contribution < 1.29 is 14.7 Å². The topological polar surface area (TPSA) is 87.5 Å². The van der Waals surface area contributed by atoms with Gasteiger partial charge in [0.1, 0.15) is 0 Å². The van der Waals surface area contributed by atoms with Crippen LogP contribution in [0.3, 0.4) is 0 Å². The molecule has 22 heavy (non-hydrogen) atoms. The molecule has 1 aromatic heterocycles. The van der Waals surface area contributed by atoms with Crippen molar-refractivity contribution in [2.75, 3.05) is 16.8 Å². The van der Waals surface area contributed by atoms with Gasteiger partial charge in [0, 0.05) is 19.3 Å². The number of carbonyl (C=O) groups excluding carboxylic acids is 1. The zero-order valence-corrected chi connectivity index (χ0v) is 12.7. The molecule has 116 valence electrons. The molecule has 0 bridgehead atoms. The van der Waals surface area contributed by atoms with Crippen LogP contribution < -0.4 is 10.2 Å². The number of aryl methyl sites for hydroxylation is 1. The van der Waals surface area contributed by atoms with Crippen molar-refractivity contribution in [2.45, 2.75) is 13.8 Å². The van der Waals surface area contributed by atoms with Gasteiger partial charge in [-0.15, -0.1) is 0 Å². The van der Waals surface area contributed by atoms with E-state index in [0.29, 0.717) is 12.2 Å². The standard InChI is InChI=1S/C15H18N4O3/c1-4-19(11-8-6-5-7-9-11)15(22)16-12-10(2)18(3)17-13(12)14(20)21/h5-9H,4H2,1-3H3,(H,16,22)(H,20,21). The average Bonchev–Trinajstić information content (AvgIpc) is 2.78. The van der Waals surface area contributed by atoms with Crippen LogP contribution in [-0.2, 0) is 7.05 Å². The van der Waals surface area contributed by atoms with Crippen molar-refractivity contribution in [3.05, 3.63) is 41.7 Å². The van der Waals surface area contributed by atoms with Crippen LogP contribution in [0.1, 0.15) is 23.1 Å². The molecule has 0 radical (unpaired) electrons. The Hall–Kier alpha value is -2.83. The number of benzene rings is 1. The number of nitrogens with zero attached hydrogens (tertiary/aromatic N) is 3. The highest BCUT2D eigenvalue weighted by Gasteiger charge is 2.23. The van der Waals surface area contributed by atoms with Gasteiger partial charge in [0.05, 0.1) is 11.4 Å². The lowest BCUT2D eigenvalue weighted by atomic mass is 10.3. The Labute approximate surface area is 128 Å². The highest BCUT2D eigenvalue weighted by atomic mass is 16.4. The van der Waals surface area contributed by atoms with Crippen molar-refractivity contribution in [2.24, 2.45) is 7.05 Å². The van der Waals surface area contributed by atoms with Gasteiger partial charge in [-0.1, -0.05) is 18.2 Å². The second kappa shape index (κ2) is 6.30. The number of carbonyl (C=O) groups is 2. The minimum absolute atomic E-state index is 0.169. The molecule has 2 rings (SSSR count). The molecule has 0 fully saturated rings. The predicted octanol–water partition coefficient (Wildman–Crippen LogP) is 2.49. The van der Waals surface area contributed by atoms with Crippen LogP contribution >= 0.6 is 0 Å². The molecule has 1 heterocycles. The van der Waals surface area contributed by atoms with E-state index in [2.05, 4.69) is 10.4 Å². The Morgan fingerprint density at radius 1 is 1.32 bits per heavy atom. The summed E-state index contributed by atoms with van der Waals surface area (Å²) in [5, 5.41) is 15.7. The van der Waals surface area contributed by atoms with Gasteiger partial charge < -0.3 is 10.4 Å². The number of amides is 2. The SMILES string of the molecule is CCN(C(=O)Nc1c(C(=O)O)nn(C)c1C)c1ccccc1. The summed E-state index contributed by atoms with van der Waals surface area (Å²) in [5.41, 5.74) is 1.36. The summed E-state index contributed by atoms with van der Waals surface area (Å²) in [6, 6.07) is 8.77. The van der Waals surface area contributed by atoms with Crippen molar-refractivity contribution in [3.63, 3.8) is 0 Å². The molecule has 7 heteroatoms. The van der Waals surface area contributed by atoms with Crippen LogP contribution in [0, 0.1) is 6.92 Å². The van der Waals surface area contributed by atoms with Crippen LogP contribution in [0.5, 0.6) is 0 Å². The molecule has 0 saturated carbocycles. The van der Waals surface area contributed by atoms with E-state index in [1.165, 1.54) is 9.58 Å². The number of aromatic carboxylic acids is 1. The third-order valence-electron chi connectivity index (χ3n) is 3.40. The number of aromatic nitrogens is 2. The van der Waals surface area contributed by atoms with Gasteiger partial charge in [-0.2, -0.15) is 5.10 Å². The van der Waals surface area contributed by atoms with Gasteiger partial charge in [-0.05, 0) is 26.0 Å². The Balaban J connectivity index is 2.30. The largest absolute Gasteiger partial charge is 0.476 e. The Morgan fingerprint density at radius 2 is 1.95 bits per heavy atom. The molecule has 2 N–H and O–H groups in total. The van der Waals surface area contributed by atoms with Crippen LogP contribution in [-0.4, -0.2) is 33.4 Å². The Bertz CT molecular complexity index is 694.